The monoisotopic (exact) mass is 287 g/mol. The Labute approximate surface area is 116 Å². The minimum atomic E-state index is -4.19. The molecule has 0 N–H and O–H groups in total. The maximum Gasteiger partial charge on any atom is 0.389 e. The zero-order chi connectivity index (χ0) is 15.4. The second-order valence-electron chi connectivity index (χ2n) is 5.05. The van der Waals surface area contributed by atoms with Crippen molar-refractivity contribution in [2.75, 3.05) is 11.4 Å². The molecule has 1 aromatic rings. The number of benzene rings is 1. The van der Waals surface area contributed by atoms with Crippen LogP contribution in [0, 0.1) is 18.2 Å². The molecule has 0 amide bonds. The Kier molecular flexibility index (Phi) is 5.04. The second-order valence-corrected chi connectivity index (χ2v) is 5.05. The number of rotatable bonds is 5. The molecule has 0 saturated heterocycles. The minimum Gasteiger partial charge on any atom is -0.356 e. The zero-order valence-corrected chi connectivity index (χ0v) is 11.5. The number of anilines is 1. The summed E-state index contributed by atoms with van der Waals surface area (Å²) in [6.45, 7) is 3.64. The van der Waals surface area contributed by atoms with Gasteiger partial charge in [-0.2, -0.15) is 13.2 Å². The van der Waals surface area contributed by atoms with Crippen LogP contribution in [0.2, 0.25) is 0 Å². The molecule has 0 saturated carbocycles. The van der Waals surface area contributed by atoms with Gasteiger partial charge in [-0.05, 0) is 44.5 Å². The first kappa shape index (κ1) is 16.4. The molecule has 0 aliphatic rings. The van der Waals surface area contributed by atoms with Gasteiger partial charge in [0.15, 0.2) is 0 Å². The van der Waals surface area contributed by atoms with E-state index in [-0.39, 0.29) is 13.0 Å². The summed E-state index contributed by atoms with van der Waals surface area (Å²) >= 11 is 0. The van der Waals surface area contributed by atoms with Crippen molar-refractivity contribution >= 4 is 5.69 Å². The lowest BCUT2D eigenvalue weighted by Gasteiger charge is -2.37. The highest BCUT2D eigenvalue weighted by molar-refractivity contribution is 5.51. The number of halogens is 4. The van der Waals surface area contributed by atoms with E-state index in [1.807, 2.05) is 0 Å². The summed E-state index contributed by atoms with van der Waals surface area (Å²) in [5.74, 6) is 2.15. The summed E-state index contributed by atoms with van der Waals surface area (Å²) in [7, 11) is 0. The van der Waals surface area contributed by atoms with E-state index in [9.17, 15) is 17.6 Å². The second kappa shape index (κ2) is 6.17. The normalized spacial score (nSPS) is 12.1. The highest BCUT2D eigenvalue weighted by Crippen LogP contribution is 2.27. The Morgan fingerprint density at radius 2 is 1.70 bits per heavy atom. The molecule has 0 radical (unpaired) electrons. The summed E-state index contributed by atoms with van der Waals surface area (Å²) in [4.78, 5) is 1.68. The first-order chi connectivity index (χ1) is 9.15. The maximum atomic E-state index is 12.9. The van der Waals surface area contributed by atoms with Crippen LogP contribution in [-0.2, 0) is 0 Å². The Balaban J connectivity index is 2.87. The first-order valence-electron chi connectivity index (χ1n) is 6.23. The lowest BCUT2D eigenvalue weighted by molar-refractivity contribution is -0.135. The number of nitrogens with zero attached hydrogens (tertiary/aromatic N) is 1. The van der Waals surface area contributed by atoms with E-state index in [1.165, 1.54) is 24.3 Å². The van der Waals surface area contributed by atoms with Gasteiger partial charge in [0.25, 0.3) is 0 Å². The number of hydrogen-bond acceptors (Lipinski definition) is 1. The minimum absolute atomic E-state index is 0.0635. The zero-order valence-electron chi connectivity index (χ0n) is 11.5. The molecule has 0 bridgehead atoms. The van der Waals surface area contributed by atoms with Gasteiger partial charge in [-0.3, -0.25) is 0 Å². The molecule has 110 valence electrons. The molecule has 0 fully saturated rings. The molecule has 1 aromatic carbocycles. The lowest BCUT2D eigenvalue weighted by atomic mass is 10.0. The molecule has 1 nitrogen and oxygen atoms in total. The molecule has 0 unspecified atom stereocenters. The molecule has 1 rings (SSSR count). The van der Waals surface area contributed by atoms with Crippen molar-refractivity contribution < 1.29 is 17.6 Å². The van der Waals surface area contributed by atoms with Gasteiger partial charge in [0.1, 0.15) is 5.82 Å². The van der Waals surface area contributed by atoms with Crippen molar-refractivity contribution in [1.29, 1.82) is 0 Å². The topological polar surface area (TPSA) is 3.24 Å². The van der Waals surface area contributed by atoms with E-state index < -0.39 is 24.0 Å². The number of hydrogen-bond donors (Lipinski definition) is 0. The van der Waals surface area contributed by atoms with Gasteiger partial charge in [-0.25, -0.2) is 4.39 Å². The smallest absolute Gasteiger partial charge is 0.356 e. The van der Waals surface area contributed by atoms with E-state index >= 15 is 0 Å². The van der Waals surface area contributed by atoms with Crippen molar-refractivity contribution in [2.45, 2.75) is 38.4 Å². The quantitative estimate of drug-likeness (QED) is 0.573. The van der Waals surface area contributed by atoms with Crippen LogP contribution in [0.15, 0.2) is 24.3 Å². The molecule has 20 heavy (non-hydrogen) atoms. The largest absolute Gasteiger partial charge is 0.389 e. The fourth-order valence-corrected chi connectivity index (χ4v) is 1.87. The fourth-order valence-electron chi connectivity index (χ4n) is 1.87. The molecule has 0 spiro atoms. The van der Waals surface area contributed by atoms with E-state index in [1.54, 1.807) is 18.7 Å². The fraction of sp³-hybridized carbons (Fsp3) is 0.467. The van der Waals surface area contributed by atoms with Crippen LogP contribution in [0.4, 0.5) is 23.2 Å². The van der Waals surface area contributed by atoms with Gasteiger partial charge < -0.3 is 4.90 Å². The van der Waals surface area contributed by atoms with Crippen LogP contribution in [0.3, 0.4) is 0 Å². The Bertz CT molecular complexity index is 468. The van der Waals surface area contributed by atoms with Gasteiger partial charge in [0, 0.05) is 18.7 Å². The molecule has 0 aliphatic heterocycles. The molecule has 0 aromatic heterocycles. The molecule has 0 atom stereocenters. The van der Waals surface area contributed by atoms with Crippen molar-refractivity contribution in [3.63, 3.8) is 0 Å². The van der Waals surface area contributed by atoms with Gasteiger partial charge in [-0.15, -0.1) is 6.42 Å². The standard InChI is InChI=1S/C15H17F4N/c1-4-14(2,3)20(11-5-10-15(17,18)19)13-8-6-12(16)7-9-13/h1,6-9H,5,10-11H2,2-3H3. The highest BCUT2D eigenvalue weighted by atomic mass is 19.4. The number of alkyl halides is 3. The third-order valence-corrected chi connectivity index (χ3v) is 3.01. The van der Waals surface area contributed by atoms with Crippen molar-refractivity contribution in [1.82, 2.24) is 0 Å². The molecule has 0 heterocycles. The van der Waals surface area contributed by atoms with Crippen LogP contribution in [0.25, 0.3) is 0 Å². The Morgan fingerprint density at radius 3 is 2.15 bits per heavy atom. The molecule has 0 aliphatic carbocycles. The van der Waals surface area contributed by atoms with Gasteiger partial charge in [0.05, 0.1) is 5.54 Å². The van der Waals surface area contributed by atoms with Crippen molar-refractivity contribution in [2.24, 2.45) is 0 Å². The van der Waals surface area contributed by atoms with Crippen molar-refractivity contribution in [3.05, 3.63) is 30.1 Å². The van der Waals surface area contributed by atoms with E-state index in [2.05, 4.69) is 5.92 Å². The van der Waals surface area contributed by atoms with Crippen LogP contribution >= 0.6 is 0 Å². The Morgan fingerprint density at radius 1 is 1.15 bits per heavy atom. The third-order valence-electron chi connectivity index (χ3n) is 3.01. The van der Waals surface area contributed by atoms with Crippen molar-refractivity contribution in [3.8, 4) is 12.3 Å². The summed E-state index contributed by atoms with van der Waals surface area (Å²) < 4.78 is 49.6. The Hall–Kier alpha value is -1.70. The van der Waals surface area contributed by atoms with Gasteiger partial charge in [0.2, 0.25) is 0 Å². The van der Waals surface area contributed by atoms with Crippen LogP contribution < -0.4 is 4.90 Å². The van der Waals surface area contributed by atoms with E-state index in [0.29, 0.717) is 5.69 Å². The molecule has 5 heteroatoms. The predicted octanol–water partition coefficient (Wildman–Crippen LogP) is 4.39. The van der Waals surface area contributed by atoms with E-state index in [0.717, 1.165) is 0 Å². The van der Waals surface area contributed by atoms with Crippen LogP contribution in [-0.4, -0.2) is 18.3 Å². The van der Waals surface area contributed by atoms with Gasteiger partial charge >= 0.3 is 6.18 Å². The average molecular weight is 287 g/mol. The summed E-state index contributed by atoms with van der Waals surface area (Å²) in [6, 6.07) is 5.56. The molecular formula is C15H17F4N. The first-order valence-corrected chi connectivity index (χ1v) is 6.23. The highest BCUT2D eigenvalue weighted by Gasteiger charge is 2.29. The maximum absolute atomic E-state index is 12.9. The van der Waals surface area contributed by atoms with Crippen LogP contribution in [0.5, 0.6) is 0 Å². The average Bonchev–Trinajstić information content (AvgIpc) is 2.35. The predicted molar refractivity (Wildman–Crippen MR) is 71.9 cm³/mol. The SMILES string of the molecule is C#CC(C)(C)N(CCCC(F)(F)F)c1ccc(F)cc1. The van der Waals surface area contributed by atoms with Crippen LogP contribution in [0.1, 0.15) is 26.7 Å². The lowest BCUT2D eigenvalue weighted by Crippen LogP contribution is -2.43. The van der Waals surface area contributed by atoms with E-state index in [4.69, 9.17) is 6.42 Å². The molecular weight excluding hydrogens is 270 g/mol. The summed E-state index contributed by atoms with van der Waals surface area (Å²) in [5, 5.41) is 0. The van der Waals surface area contributed by atoms with Gasteiger partial charge in [-0.1, -0.05) is 5.92 Å². The summed E-state index contributed by atoms with van der Waals surface area (Å²) in [5.41, 5.74) is -0.139. The number of terminal acetylenes is 1. The third kappa shape index (κ3) is 4.76. The summed E-state index contributed by atoms with van der Waals surface area (Å²) in [6.07, 6.45) is 0.325.